The molecular weight excluding hydrogens is 328 g/mol. The molecule has 0 heterocycles. The highest BCUT2D eigenvalue weighted by Gasteiger charge is 2.15. The van der Waals surface area contributed by atoms with Gasteiger partial charge in [-0.2, -0.15) is 0 Å². The Morgan fingerprint density at radius 1 is 1.21 bits per heavy atom. The molecule has 0 aliphatic rings. The zero-order chi connectivity index (χ0) is 13.8. The number of halogens is 1. The summed E-state index contributed by atoms with van der Waals surface area (Å²) in [7, 11) is 0. The van der Waals surface area contributed by atoms with E-state index in [9.17, 15) is 10.1 Å². The Kier molecular flexibility index (Phi) is 4.57. The highest BCUT2D eigenvalue weighted by Crippen LogP contribution is 2.37. The summed E-state index contributed by atoms with van der Waals surface area (Å²) >= 11 is 4.75. The molecule has 0 atom stereocenters. The van der Waals surface area contributed by atoms with Gasteiger partial charge in [-0.05, 0) is 23.8 Å². The van der Waals surface area contributed by atoms with Crippen LogP contribution in [0.4, 0.5) is 5.69 Å². The first kappa shape index (κ1) is 14.0. The summed E-state index contributed by atoms with van der Waals surface area (Å²) in [4.78, 5) is 12.2. The van der Waals surface area contributed by atoms with Gasteiger partial charge in [-0.15, -0.1) is 0 Å². The number of hydrogen-bond donors (Lipinski definition) is 1. The summed E-state index contributed by atoms with van der Waals surface area (Å²) in [5.74, 6) is 0. The molecule has 2 aromatic carbocycles. The number of nitrogens with zero attached hydrogens (tertiary/aromatic N) is 1. The standard InChI is InChI=1S/C13H11BrN2O2S/c14-10-6-5-9(8-15)13(7-10)19-12-4-2-1-3-11(12)16(17)18/h1-7H,8,15H2. The molecule has 19 heavy (non-hydrogen) atoms. The van der Waals surface area contributed by atoms with Crippen LogP contribution in [0.5, 0.6) is 0 Å². The van der Waals surface area contributed by atoms with Crippen LogP contribution in [0.15, 0.2) is 56.7 Å². The minimum absolute atomic E-state index is 0.107. The maximum atomic E-state index is 11.0. The van der Waals surface area contributed by atoms with Crippen LogP contribution in [0.2, 0.25) is 0 Å². The molecule has 98 valence electrons. The first-order valence-corrected chi connectivity index (χ1v) is 7.12. The van der Waals surface area contributed by atoms with E-state index in [0.717, 1.165) is 14.9 Å². The van der Waals surface area contributed by atoms with E-state index >= 15 is 0 Å². The number of nitro benzene ring substituents is 1. The third-order valence-corrected chi connectivity index (χ3v) is 4.19. The summed E-state index contributed by atoms with van der Waals surface area (Å²) < 4.78 is 0.922. The normalized spacial score (nSPS) is 10.4. The molecule has 0 saturated heterocycles. The number of nitro groups is 1. The number of rotatable bonds is 4. The molecule has 4 nitrogen and oxygen atoms in total. The maximum absolute atomic E-state index is 11.0. The molecule has 0 unspecified atom stereocenters. The molecule has 0 spiro atoms. The lowest BCUT2D eigenvalue weighted by Gasteiger charge is -2.08. The van der Waals surface area contributed by atoms with Crippen molar-refractivity contribution in [2.45, 2.75) is 16.3 Å². The van der Waals surface area contributed by atoms with E-state index in [0.29, 0.717) is 11.4 Å². The second-order valence-corrected chi connectivity index (χ2v) is 5.78. The molecule has 6 heteroatoms. The van der Waals surface area contributed by atoms with Crippen LogP contribution >= 0.6 is 27.7 Å². The summed E-state index contributed by atoms with van der Waals surface area (Å²) in [6.07, 6.45) is 0. The third-order valence-electron chi connectivity index (χ3n) is 2.53. The van der Waals surface area contributed by atoms with Gasteiger partial charge in [-0.25, -0.2) is 0 Å². The van der Waals surface area contributed by atoms with Crippen molar-refractivity contribution in [3.05, 3.63) is 62.6 Å². The number of benzene rings is 2. The van der Waals surface area contributed by atoms with Crippen LogP contribution < -0.4 is 5.73 Å². The van der Waals surface area contributed by atoms with Crippen molar-refractivity contribution in [2.75, 3.05) is 0 Å². The monoisotopic (exact) mass is 338 g/mol. The number of hydrogen-bond acceptors (Lipinski definition) is 4. The van der Waals surface area contributed by atoms with Gasteiger partial charge in [0, 0.05) is 22.0 Å². The van der Waals surface area contributed by atoms with Crippen LogP contribution in [0.1, 0.15) is 5.56 Å². The Hall–Kier alpha value is -1.37. The van der Waals surface area contributed by atoms with Crippen LogP contribution in [-0.4, -0.2) is 4.92 Å². The first-order valence-electron chi connectivity index (χ1n) is 5.51. The van der Waals surface area contributed by atoms with E-state index < -0.39 is 0 Å². The Labute approximate surface area is 123 Å². The van der Waals surface area contributed by atoms with Gasteiger partial charge < -0.3 is 5.73 Å². The van der Waals surface area contributed by atoms with Crippen molar-refractivity contribution in [3.63, 3.8) is 0 Å². The lowest BCUT2D eigenvalue weighted by atomic mass is 10.2. The second kappa shape index (κ2) is 6.18. The zero-order valence-corrected chi connectivity index (χ0v) is 12.3. The average Bonchev–Trinajstić information content (AvgIpc) is 2.39. The van der Waals surface area contributed by atoms with Crippen molar-refractivity contribution in [3.8, 4) is 0 Å². The van der Waals surface area contributed by atoms with Gasteiger partial charge in [0.1, 0.15) is 0 Å². The topological polar surface area (TPSA) is 69.2 Å². The fourth-order valence-electron chi connectivity index (χ4n) is 1.60. The predicted molar refractivity (Wildman–Crippen MR) is 79.3 cm³/mol. The maximum Gasteiger partial charge on any atom is 0.283 e. The van der Waals surface area contributed by atoms with E-state index in [1.807, 2.05) is 18.2 Å². The van der Waals surface area contributed by atoms with Gasteiger partial charge in [0.15, 0.2) is 0 Å². The van der Waals surface area contributed by atoms with E-state index in [-0.39, 0.29) is 10.6 Å². The van der Waals surface area contributed by atoms with Crippen LogP contribution in [0, 0.1) is 10.1 Å². The van der Waals surface area contributed by atoms with E-state index in [1.165, 1.54) is 17.8 Å². The highest BCUT2D eigenvalue weighted by molar-refractivity contribution is 9.10. The average molecular weight is 339 g/mol. The van der Waals surface area contributed by atoms with Gasteiger partial charge in [-0.3, -0.25) is 10.1 Å². The van der Waals surface area contributed by atoms with Gasteiger partial charge in [-0.1, -0.05) is 45.9 Å². The van der Waals surface area contributed by atoms with Crippen LogP contribution in [-0.2, 0) is 6.54 Å². The minimum Gasteiger partial charge on any atom is -0.326 e. The highest BCUT2D eigenvalue weighted by atomic mass is 79.9. The number of nitrogens with two attached hydrogens (primary N) is 1. The Bertz CT molecular complexity index is 619. The van der Waals surface area contributed by atoms with E-state index in [4.69, 9.17) is 5.73 Å². The molecule has 0 saturated carbocycles. The van der Waals surface area contributed by atoms with Crippen molar-refractivity contribution >= 4 is 33.4 Å². The lowest BCUT2D eigenvalue weighted by molar-refractivity contribution is -0.387. The predicted octanol–water partition coefficient (Wildman–Crippen LogP) is 3.97. The molecule has 0 aromatic heterocycles. The largest absolute Gasteiger partial charge is 0.326 e. The number of para-hydroxylation sites is 1. The molecule has 2 rings (SSSR count). The summed E-state index contributed by atoms with van der Waals surface area (Å²) in [6.45, 7) is 0.399. The molecule has 0 aliphatic carbocycles. The van der Waals surface area contributed by atoms with Gasteiger partial charge in [0.2, 0.25) is 0 Å². The van der Waals surface area contributed by atoms with Gasteiger partial charge >= 0.3 is 0 Å². The molecule has 0 amide bonds. The fourth-order valence-corrected chi connectivity index (χ4v) is 3.22. The third kappa shape index (κ3) is 3.34. The van der Waals surface area contributed by atoms with Crippen LogP contribution in [0.3, 0.4) is 0 Å². The Morgan fingerprint density at radius 2 is 1.95 bits per heavy atom. The molecule has 0 bridgehead atoms. The smallest absolute Gasteiger partial charge is 0.283 e. The minimum atomic E-state index is -0.373. The summed E-state index contributed by atoms with van der Waals surface area (Å²) in [5.41, 5.74) is 6.76. The molecule has 2 aromatic rings. The van der Waals surface area contributed by atoms with Crippen molar-refractivity contribution < 1.29 is 4.92 Å². The fraction of sp³-hybridized carbons (Fsp3) is 0.0769. The zero-order valence-electron chi connectivity index (χ0n) is 9.88. The van der Waals surface area contributed by atoms with Crippen molar-refractivity contribution in [1.29, 1.82) is 0 Å². The van der Waals surface area contributed by atoms with Crippen molar-refractivity contribution in [2.24, 2.45) is 5.73 Å². The summed E-state index contributed by atoms with van der Waals surface area (Å²) in [6, 6.07) is 12.4. The summed E-state index contributed by atoms with van der Waals surface area (Å²) in [5, 5.41) is 11.0. The lowest BCUT2D eigenvalue weighted by Crippen LogP contribution is -1.98. The first-order chi connectivity index (χ1) is 9.11. The molecular formula is C13H11BrN2O2S. The Morgan fingerprint density at radius 3 is 2.63 bits per heavy atom. The van der Waals surface area contributed by atoms with Gasteiger partial charge in [0.05, 0.1) is 9.82 Å². The molecule has 2 N–H and O–H groups in total. The molecule has 0 fully saturated rings. The Balaban J connectivity index is 2.41. The molecule has 0 aliphatic heterocycles. The quantitative estimate of drug-likeness (QED) is 0.676. The SMILES string of the molecule is NCc1ccc(Br)cc1Sc1ccccc1[N+](=O)[O-]. The van der Waals surface area contributed by atoms with Crippen molar-refractivity contribution in [1.82, 2.24) is 0 Å². The van der Waals surface area contributed by atoms with Gasteiger partial charge in [0.25, 0.3) is 5.69 Å². The van der Waals surface area contributed by atoms with E-state index in [2.05, 4.69) is 15.9 Å². The molecule has 0 radical (unpaired) electrons. The van der Waals surface area contributed by atoms with E-state index in [1.54, 1.807) is 18.2 Å². The van der Waals surface area contributed by atoms with Crippen LogP contribution in [0.25, 0.3) is 0 Å². The second-order valence-electron chi connectivity index (χ2n) is 3.78.